The topological polar surface area (TPSA) is 91.7 Å². The Labute approximate surface area is 195 Å². The van der Waals surface area contributed by atoms with Crippen molar-refractivity contribution in [2.75, 3.05) is 13.1 Å². The third-order valence-electron chi connectivity index (χ3n) is 5.56. The highest BCUT2D eigenvalue weighted by Gasteiger charge is 2.18. The number of hydrogen-bond acceptors (Lipinski definition) is 5. The molecule has 176 valence electrons. The normalized spacial score (nSPS) is 11.6. The van der Waals surface area contributed by atoms with Crippen LogP contribution < -0.4 is 10.0 Å². The lowest BCUT2D eigenvalue weighted by Crippen LogP contribution is -2.26. The van der Waals surface area contributed by atoms with E-state index < -0.39 is 10.0 Å². The minimum Gasteiger partial charge on any atom is -0.468 e. The van der Waals surface area contributed by atoms with Crippen molar-refractivity contribution < 1.29 is 17.6 Å². The average molecular weight is 470 g/mol. The molecule has 2 aromatic carbocycles. The summed E-state index contributed by atoms with van der Waals surface area (Å²) < 4.78 is 33.0. The maximum absolute atomic E-state index is 12.8. The quantitative estimate of drug-likeness (QED) is 0.445. The predicted molar refractivity (Wildman–Crippen MR) is 128 cm³/mol. The first kappa shape index (κ1) is 24.7. The first-order chi connectivity index (χ1) is 15.8. The van der Waals surface area contributed by atoms with Crippen molar-refractivity contribution in [1.82, 2.24) is 14.9 Å². The number of rotatable bonds is 11. The van der Waals surface area contributed by atoms with Gasteiger partial charge in [0.05, 0.1) is 17.7 Å². The molecule has 0 atom stereocenters. The fraction of sp³-hybridized carbons (Fsp3) is 0.320. The smallest absolute Gasteiger partial charge is 0.251 e. The molecule has 7 nitrogen and oxygen atoms in total. The second-order valence-electron chi connectivity index (χ2n) is 7.84. The van der Waals surface area contributed by atoms with Crippen LogP contribution in [0.25, 0.3) is 0 Å². The molecular weight excluding hydrogens is 438 g/mol. The van der Waals surface area contributed by atoms with Crippen molar-refractivity contribution in [2.45, 2.75) is 45.3 Å². The van der Waals surface area contributed by atoms with Crippen LogP contribution in [0, 0.1) is 6.92 Å². The van der Waals surface area contributed by atoms with E-state index in [1.807, 2.05) is 12.1 Å². The Morgan fingerprint density at radius 2 is 1.67 bits per heavy atom. The zero-order chi connectivity index (χ0) is 23.8. The molecule has 0 aliphatic heterocycles. The summed E-state index contributed by atoms with van der Waals surface area (Å²) in [5.41, 5.74) is 3.24. The third kappa shape index (κ3) is 6.77. The molecule has 1 aromatic heterocycles. The number of nitrogens with zero attached hydrogens (tertiary/aromatic N) is 1. The Hall–Kier alpha value is -2.94. The lowest BCUT2D eigenvalue weighted by atomic mass is 10.1. The van der Waals surface area contributed by atoms with Gasteiger partial charge in [-0.15, -0.1) is 0 Å². The van der Waals surface area contributed by atoms with E-state index in [1.54, 1.807) is 25.1 Å². The lowest BCUT2D eigenvalue weighted by molar-refractivity contribution is 0.0950. The Morgan fingerprint density at radius 3 is 2.30 bits per heavy atom. The van der Waals surface area contributed by atoms with Gasteiger partial charge < -0.3 is 9.73 Å². The van der Waals surface area contributed by atoms with Gasteiger partial charge in [0, 0.05) is 18.7 Å². The van der Waals surface area contributed by atoms with Crippen LogP contribution in [0.5, 0.6) is 0 Å². The second kappa shape index (κ2) is 11.3. The van der Waals surface area contributed by atoms with Gasteiger partial charge in [0.15, 0.2) is 0 Å². The largest absolute Gasteiger partial charge is 0.468 e. The summed E-state index contributed by atoms with van der Waals surface area (Å²) in [7, 11) is -3.79. The highest BCUT2D eigenvalue weighted by molar-refractivity contribution is 7.89. The van der Waals surface area contributed by atoms with Gasteiger partial charge in [-0.1, -0.05) is 44.2 Å². The maximum atomic E-state index is 12.8. The first-order valence-corrected chi connectivity index (χ1v) is 12.5. The van der Waals surface area contributed by atoms with Gasteiger partial charge in [0.2, 0.25) is 10.0 Å². The van der Waals surface area contributed by atoms with Crippen LogP contribution in [0.1, 0.15) is 46.7 Å². The molecule has 0 aliphatic carbocycles. The summed E-state index contributed by atoms with van der Waals surface area (Å²) >= 11 is 0. The summed E-state index contributed by atoms with van der Waals surface area (Å²) in [5, 5.41) is 2.89. The zero-order valence-electron chi connectivity index (χ0n) is 19.3. The fourth-order valence-electron chi connectivity index (χ4n) is 3.42. The SMILES string of the molecule is CCN(CC)Cc1ccc(CNC(=O)c2cc(S(=O)(=O)NCc3ccco3)ccc2C)cc1. The van der Waals surface area contributed by atoms with E-state index in [1.165, 1.54) is 24.0 Å². The summed E-state index contributed by atoms with van der Waals surface area (Å²) in [5.74, 6) is 0.189. The molecule has 0 saturated heterocycles. The first-order valence-electron chi connectivity index (χ1n) is 11.0. The van der Waals surface area contributed by atoms with E-state index in [9.17, 15) is 13.2 Å². The summed E-state index contributed by atoms with van der Waals surface area (Å²) in [6.07, 6.45) is 1.48. The molecule has 0 radical (unpaired) electrons. The van der Waals surface area contributed by atoms with Crippen molar-refractivity contribution in [3.8, 4) is 0 Å². The van der Waals surface area contributed by atoms with Crippen LogP contribution >= 0.6 is 0 Å². The van der Waals surface area contributed by atoms with Crippen LogP contribution in [0.3, 0.4) is 0 Å². The molecular formula is C25H31N3O4S. The average Bonchev–Trinajstić information content (AvgIpc) is 3.34. The van der Waals surface area contributed by atoms with Crippen molar-refractivity contribution >= 4 is 15.9 Å². The molecule has 1 heterocycles. The molecule has 0 aliphatic rings. The number of amides is 1. The van der Waals surface area contributed by atoms with Crippen molar-refractivity contribution in [2.24, 2.45) is 0 Å². The Morgan fingerprint density at radius 1 is 0.970 bits per heavy atom. The monoisotopic (exact) mass is 469 g/mol. The van der Waals surface area contributed by atoms with Crippen molar-refractivity contribution in [1.29, 1.82) is 0 Å². The predicted octanol–water partition coefficient (Wildman–Crippen LogP) is 3.84. The van der Waals surface area contributed by atoms with Gasteiger partial charge >= 0.3 is 0 Å². The third-order valence-corrected chi connectivity index (χ3v) is 6.96. The highest BCUT2D eigenvalue weighted by Crippen LogP contribution is 2.17. The van der Waals surface area contributed by atoms with Gasteiger partial charge in [-0.05, 0) is 61.0 Å². The standard InChI is InChI=1S/C25H31N3O4S/c1-4-28(5-2)18-21-11-9-20(10-12-21)16-26-25(29)24-15-23(13-8-19(24)3)33(30,31)27-17-22-7-6-14-32-22/h6-15,27H,4-5,16-18H2,1-3H3,(H,26,29). The number of sulfonamides is 1. The van der Waals surface area contributed by atoms with E-state index in [0.717, 1.165) is 25.2 Å². The molecule has 0 spiro atoms. The van der Waals surface area contributed by atoms with Crippen LogP contribution in [0.4, 0.5) is 0 Å². The molecule has 1 amide bonds. The fourth-order valence-corrected chi connectivity index (χ4v) is 4.44. The maximum Gasteiger partial charge on any atom is 0.251 e. The number of benzene rings is 2. The molecule has 8 heteroatoms. The van der Waals surface area contributed by atoms with Gasteiger partial charge in [-0.3, -0.25) is 9.69 Å². The Kier molecular flexibility index (Phi) is 8.43. The van der Waals surface area contributed by atoms with E-state index in [0.29, 0.717) is 23.4 Å². The molecule has 0 fully saturated rings. The highest BCUT2D eigenvalue weighted by atomic mass is 32.2. The molecule has 0 unspecified atom stereocenters. The van der Waals surface area contributed by atoms with E-state index in [4.69, 9.17) is 4.42 Å². The van der Waals surface area contributed by atoms with Crippen molar-refractivity contribution in [3.05, 3.63) is 88.9 Å². The molecule has 0 bridgehead atoms. The summed E-state index contributed by atoms with van der Waals surface area (Å²) in [6, 6.07) is 16.1. The number of hydrogen-bond donors (Lipinski definition) is 2. The minimum atomic E-state index is -3.79. The number of carbonyl (C=O) groups excluding carboxylic acids is 1. The van der Waals surface area contributed by atoms with Gasteiger partial charge in [-0.2, -0.15) is 0 Å². The van der Waals surface area contributed by atoms with Crippen LogP contribution in [0.15, 0.2) is 70.2 Å². The minimum absolute atomic E-state index is 0.0329. The van der Waals surface area contributed by atoms with Crippen LogP contribution in [0.2, 0.25) is 0 Å². The van der Waals surface area contributed by atoms with Crippen molar-refractivity contribution in [3.63, 3.8) is 0 Å². The van der Waals surface area contributed by atoms with E-state index in [2.05, 4.69) is 40.9 Å². The van der Waals surface area contributed by atoms with Crippen LogP contribution in [-0.2, 0) is 29.7 Å². The van der Waals surface area contributed by atoms with E-state index in [-0.39, 0.29) is 17.3 Å². The Balaban J connectivity index is 1.64. The molecule has 0 saturated carbocycles. The molecule has 3 rings (SSSR count). The second-order valence-corrected chi connectivity index (χ2v) is 9.61. The number of furan rings is 1. The molecule has 2 N–H and O–H groups in total. The van der Waals surface area contributed by atoms with Crippen LogP contribution in [-0.4, -0.2) is 32.3 Å². The summed E-state index contributed by atoms with van der Waals surface area (Å²) in [6.45, 7) is 9.36. The lowest BCUT2D eigenvalue weighted by Gasteiger charge is -2.18. The van der Waals surface area contributed by atoms with Gasteiger partial charge in [0.1, 0.15) is 5.76 Å². The number of carbonyl (C=O) groups is 1. The Bertz CT molecular complexity index is 1150. The number of nitrogens with one attached hydrogen (secondary N) is 2. The molecule has 33 heavy (non-hydrogen) atoms. The van der Waals surface area contributed by atoms with E-state index >= 15 is 0 Å². The zero-order valence-corrected chi connectivity index (χ0v) is 20.1. The molecule has 3 aromatic rings. The van der Waals surface area contributed by atoms with Gasteiger partial charge in [0.25, 0.3) is 5.91 Å². The number of aryl methyl sites for hydroxylation is 1. The summed E-state index contributed by atoms with van der Waals surface area (Å²) in [4.78, 5) is 15.2. The van der Waals surface area contributed by atoms with Gasteiger partial charge in [-0.25, -0.2) is 13.1 Å².